The number of amides is 1. The minimum Gasteiger partial charge on any atom is -0.455 e. The molecule has 0 bridgehead atoms. The molecule has 0 spiro atoms. The molecule has 1 aromatic heterocycles. The first-order chi connectivity index (χ1) is 12.6. The van der Waals surface area contributed by atoms with Gasteiger partial charge in [0.15, 0.2) is 5.75 Å². The molecule has 0 saturated heterocycles. The third-order valence-corrected chi connectivity index (χ3v) is 4.94. The molecule has 1 N–H and O–H groups in total. The van der Waals surface area contributed by atoms with Gasteiger partial charge in [-0.3, -0.25) is 9.69 Å². The van der Waals surface area contributed by atoms with Gasteiger partial charge in [0.05, 0.1) is 12.2 Å². The predicted molar refractivity (Wildman–Crippen MR) is 107 cm³/mol. The largest absolute Gasteiger partial charge is 0.455 e. The van der Waals surface area contributed by atoms with Crippen molar-refractivity contribution in [2.75, 3.05) is 18.9 Å². The van der Waals surface area contributed by atoms with Crippen LogP contribution in [-0.4, -0.2) is 24.4 Å². The molecule has 3 aromatic rings. The average molecular weight is 366 g/mol. The van der Waals surface area contributed by atoms with Gasteiger partial charge in [0.1, 0.15) is 5.75 Å². The Morgan fingerprint density at radius 1 is 1.08 bits per heavy atom. The molecule has 0 saturated carbocycles. The zero-order valence-corrected chi connectivity index (χ0v) is 15.8. The van der Waals surface area contributed by atoms with Crippen LogP contribution in [0.25, 0.3) is 0 Å². The fraction of sp³-hybridized carbons (Fsp3) is 0.190. The summed E-state index contributed by atoms with van der Waals surface area (Å²) in [5, 5.41) is 5.03. The Morgan fingerprint density at radius 3 is 2.54 bits per heavy atom. The van der Waals surface area contributed by atoms with Crippen LogP contribution in [0.2, 0.25) is 0 Å². The van der Waals surface area contributed by atoms with E-state index in [1.807, 2.05) is 66.5 Å². The number of carbonyl (C=O) groups excluding carboxylic acids is 1. The lowest BCUT2D eigenvalue weighted by molar-refractivity contribution is -0.117. The van der Waals surface area contributed by atoms with E-state index in [4.69, 9.17) is 4.74 Å². The van der Waals surface area contributed by atoms with Crippen LogP contribution in [0.3, 0.4) is 0 Å². The Labute approximate surface area is 158 Å². The Hall–Kier alpha value is -2.63. The zero-order valence-electron chi connectivity index (χ0n) is 14.9. The molecule has 5 heteroatoms. The topological polar surface area (TPSA) is 41.6 Å². The maximum absolute atomic E-state index is 12.4. The van der Waals surface area contributed by atoms with Crippen molar-refractivity contribution in [2.45, 2.75) is 13.5 Å². The summed E-state index contributed by atoms with van der Waals surface area (Å²) in [5.41, 5.74) is 1.94. The third-order valence-electron chi connectivity index (χ3n) is 3.93. The summed E-state index contributed by atoms with van der Waals surface area (Å²) < 4.78 is 5.89. The number of carbonyl (C=O) groups is 1. The molecule has 1 amide bonds. The molecule has 0 unspecified atom stereocenters. The molecule has 0 radical (unpaired) electrons. The number of anilines is 1. The van der Waals surface area contributed by atoms with Gasteiger partial charge in [0.25, 0.3) is 0 Å². The minimum atomic E-state index is -0.0641. The maximum atomic E-state index is 12.4. The highest BCUT2D eigenvalue weighted by Crippen LogP contribution is 2.29. The summed E-state index contributed by atoms with van der Waals surface area (Å²) in [6, 6.07) is 19.1. The van der Waals surface area contributed by atoms with Crippen molar-refractivity contribution >= 4 is 22.9 Å². The summed E-state index contributed by atoms with van der Waals surface area (Å²) in [6.45, 7) is 3.17. The van der Waals surface area contributed by atoms with E-state index in [0.717, 1.165) is 12.3 Å². The lowest BCUT2D eigenvalue weighted by atomic mass is 10.2. The summed E-state index contributed by atoms with van der Waals surface area (Å²) in [4.78, 5) is 15.7. The Morgan fingerprint density at radius 2 is 1.81 bits per heavy atom. The summed E-state index contributed by atoms with van der Waals surface area (Å²) >= 11 is 1.72. The molecule has 0 aliphatic carbocycles. The van der Waals surface area contributed by atoms with E-state index in [1.54, 1.807) is 11.3 Å². The minimum absolute atomic E-state index is 0.0641. The lowest BCUT2D eigenvalue weighted by Gasteiger charge is -2.17. The number of hydrogen-bond donors (Lipinski definition) is 1. The number of rotatable bonds is 7. The second-order valence-corrected chi connectivity index (χ2v) is 7.16. The molecule has 4 nitrogen and oxygen atoms in total. The van der Waals surface area contributed by atoms with E-state index in [0.29, 0.717) is 18.0 Å². The molecule has 0 fully saturated rings. The van der Waals surface area contributed by atoms with Crippen molar-refractivity contribution in [1.29, 1.82) is 0 Å². The number of thiophene rings is 1. The number of benzene rings is 2. The smallest absolute Gasteiger partial charge is 0.238 e. The third kappa shape index (κ3) is 4.94. The number of para-hydroxylation sites is 3. The molecular weight excluding hydrogens is 344 g/mol. The van der Waals surface area contributed by atoms with E-state index >= 15 is 0 Å². The van der Waals surface area contributed by atoms with Gasteiger partial charge in [0, 0.05) is 11.4 Å². The van der Waals surface area contributed by atoms with E-state index in [9.17, 15) is 4.79 Å². The molecule has 2 aromatic carbocycles. The zero-order chi connectivity index (χ0) is 18.4. The summed E-state index contributed by atoms with van der Waals surface area (Å²) in [5.74, 6) is 1.30. The van der Waals surface area contributed by atoms with Crippen molar-refractivity contribution in [3.05, 3.63) is 76.5 Å². The van der Waals surface area contributed by atoms with Crippen molar-refractivity contribution < 1.29 is 9.53 Å². The molecule has 3 rings (SSSR count). The van der Waals surface area contributed by atoms with E-state index < -0.39 is 0 Å². The van der Waals surface area contributed by atoms with Gasteiger partial charge in [-0.1, -0.05) is 30.3 Å². The SMILES string of the molecule is Cc1ccsc1CN(C)CC(=O)Nc1ccccc1Oc1ccccc1. The monoisotopic (exact) mass is 366 g/mol. The Balaban J connectivity index is 1.61. The van der Waals surface area contributed by atoms with Crippen molar-refractivity contribution in [3.8, 4) is 11.5 Å². The fourth-order valence-electron chi connectivity index (χ4n) is 2.58. The highest BCUT2D eigenvalue weighted by atomic mass is 32.1. The quantitative estimate of drug-likeness (QED) is 0.645. The predicted octanol–water partition coefficient (Wildman–Crippen LogP) is 4.92. The van der Waals surface area contributed by atoms with Crippen molar-refractivity contribution in [1.82, 2.24) is 4.90 Å². The molecule has 0 atom stereocenters. The van der Waals surface area contributed by atoms with Gasteiger partial charge in [-0.2, -0.15) is 0 Å². The number of nitrogens with zero attached hydrogens (tertiary/aromatic N) is 1. The van der Waals surface area contributed by atoms with Crippen LogP contribution in [0, 0.1) is 6.92 Å². The molecular formula is C21H22N2O2S. The van der Waals surface area contributed by atoms with Gasteiger partial charge in [0.2, 0.25) is 5.91 Å². The average Bonchev–Trinajstić information content (AvgIpc) is 3.02. The highest BCUT2D eigenvalue weighted by molar-refractivity contribution is 7.10. The van der Waals surface area contributed by atoms with Crippen LogP contribution < -0.4 is 10.1 Å². The van der Waals surface area contributed by atoms with Gasteiger partial charge in [-0.15, -0.1) is 11.3 Å². The van der Waals surface area contributed by atoms with Gasteiger partial charge in [-0.05, 0) is 55.2 Å². The lowest BCUT2D eigenvalue weighted by Crippen LogP contribution is -2.29. The van der Waals surface area contributed by atoms with Crippen LogP contribution in [0.4, 0.5) is 5.69 Å². The van der Waals surface area contributed by atoms with Crippen LogP contribution in [0.1, 0.15) is 10.4 Å². The van der Waals surface area contributed by atoms with Crippen LogP contribution in [-0.2, 0) is 11.3 Å². The van der Waals surface area contributed by atoms with Crippen LogP contribution >= 0.6 is 11.3 Å². The summed E-state index contributed by atoms with van der Waals surface area (Å²) in [6.07, 6.45) is 0. The van der Waals surface area contributed by atoms with E-state index in [1.165, 1.54) is 10.4 Å². The summed E-state index contributed by atoms with van der Waals surface area (Å²) in [7, 11) is 1.95. The molecule has 26 heavy (non-hydrogen) atoms. The fourth-order valence-corrected chi connectivity index (χ4v) is 3.56. The van der Waals surface area contributed by atoms with Crippen molar-refractivity contribution in [2.24, 2.45) is 0 Å². The molecule has 0 aliphatic rings. The molecule has 1 heterocycles. The number of aryl methyl sites for hydroxylation is 1. The first-order valence-corrected chi connectivity index (χ1v) is 9.33. The van der Waals surface area contributed by atoms with Gasteiger partial charge in [-0.25, -0.2) is 0 Å². The first kappa shape index (κ1) is 18.2. The normalized spacial score (nSPS) is 10.7. The van der Waals surface area contributed by atoms with Crippen LogP contribution in [0.5, 0.6) is 11.5 Å². The standard InChI is InChI=1S/C21H22N2O2S/c1-16-12-13-26-20(16)14-23(2)15-21(24)22-18-10-6-7-11-19(18)25-17-8-4-3-5-9-17/h3-13H,14-15H2,1-2H3,(H,22,24). The molecule has 134 valence electrons. The highest BCUT2D eigenvalue weighted by Gasteiger charge is 2.12. The van der Waals surface area contributed by atoms with E-state index in [-0.39, 0.29) is 5.91 Å². The first-order valence-electron chi connectivity index (χ1n) is 8.45. The maximum Gasteiger partial charge on any atom is 0.238 e. The van der Waals surface area contributed by atoms with E-state index in [2.05, 4.69) is 23.7 Å². The van der Waals surface area contributed by atoms with Gasteiger partial charge >= 0.3 is 0 Å². The second kappa shape index (κ2) is 8.65. The Kier molecular flexibility index (Phi) is 6.04. The Bertz CT molecular complexity index is 861. The van der Waals surface area contributed by atoms with Crippen molar-refractivity contribution in [3.63, 3.8) is 0 Å². The number of ether oxygens (including phenoxy) is 1. The number of nitrogens with one attached hydrogen (secondary N) is 1. The van der Waals surface area contributed by atoms with Gasteiger partial charge < -0.3 is 10.1 Å². The second-order valence-electron chi connectivity index (χ2n) is 6.16. The molecule has 0 aliphatic heterocycles. The number of likely N-dealkylation sites (N-methyl/N-ethyl adjacent to an activating group) is 1. The number of hydrogen-bond acceptors (Lipinski definition) is 4. The van der Waals surface area contributed by atoms with Crippen LogP contribution in [0.15, 0.2) is 66.0 Å².